The number of benzene rings is 1. The number of aromatic nitrogens is 1. The normalized spacial score (nSPS) is 18.1. The number of halogens is 1. The van der Waals surface area contributed by atoms with E-state index >= 15 is 0 Å². The molecule has 2 aromatic rings. The highest BCUT2D eigenvalue weighted by Gasteiger charge is 2.33. The van der Waals surface area contributed by atoms with Crippen molar-refractivity contribution in [2.75, 3.05) is 26.7 Å². The maximum Gasteiger partial charge on any atom is 0.357 e. The van der Waals surface area contributed by atoms with E-state index in [1.165, 1.54) is 17.6 Å². The fourth-order valence-corrected chi connectivity index (χ4v) is 4.75. The van der Waals surface area contributed by atoms with Gasteiger partial charge in [-0.25, -0.2) is 18.2 Å². The zero-order chi connectivity index (χ0) is 17.3. The summed E-state index contributed by atoms with van der Waals surface area (Å²) in [5.41, 5.74) is 5.76. The summed E-state index contributed by atoms with van der Waals surface area (Å²) < 4.78 is 32.2. The van der Waals surface area contributed by atoms with E-state index < -0.39 is 16.0 Å². The number of hydrogen-bond acceptors (Lipinski definition) is 6. The number of nitrogens with zero attached hydrogens (tertiary/aromatic N) is 2. The van der Waals surface area contributed by atoms with Gasteiger partial charge in [-0.05, 0) is 31.0 Å². The van der Waals surface area contributed by atoms with Gasteiger partial charge < -0.3 is 10.5 Å². The summed E-state index contributed by atoms with van der Waals surface area (Å²) in [5.74, 6) is -0.415. The van der Waals surface area contributed by atoms with Crippen LogP contribution in [0.15, 0.2) is 35.4 Å². The lowest BCUT2D eigenvalue weighted by atomic mass is 10.1. The molecule has 0 radical (unpaired) electrons. The molecule has 9 heteroatoms. The van der Waals surface area contributed by atoms with Crippen LogP contribution in [0, 0.1) is 5.92 Å². The van der Waals surface area contributed by atoms with Crippen LogP contribution in [0.3, 0.4) is 0 Å². The van der Waals surface area contributed by atoms with Crippen molar-refractivity contribution in [3.8, 4) is 0 Å². The molecule has 7 nitrogen and oxygen atoms in total. The molecule has 25 heavy (non-hydrogen) atoms. The Kier molecular flexibility index (Phi) is 5.99. The van der Waals surface area contributed by atoms with E-state index in [9.17, 15) is 13.2 Å². The van der Waals surface area contributed by atoms with Crippen molar-refractivity contribution < 1.29 is 17.9 Å². The molecule has 0 aliphatic carbocycles. The number of pyridine rings is 1. The van der Waals surface area contributed by atoms with Gasteiger partial charge in [0.2, 0.25) is 10.0 Å². The molecule has 136 valence electrons. The first kappa shape index (κ1) is 19.6. The Morgan fingerprint density at radius 3 is 2.76 bits per heavy atom. The molecule has 1 fully saturated rings. The van der Waals surface area contributed by atoms with E-state index in [-0.39, 0.29) is 28.9 Å². The van der Waals surface area contributed by atoms with Crippen LogP contribution >= 0.6 is 12.4 Å². The second kappa shape index (κ2) is 7.65. The van der Waals surface area contributed by atoms with Crippen molar-refractivity contribution >= 4 is 39.2 Å². The number of nitrogens with two attached hydrogens (primary N) is 1. The third kappa shape index (κ3) is 3.48. The minimum absolute atomic E-state index is 0. The Hall–Kier alpha value is -1.74. The number of fused-ring (bicyclic) bond motifs is 1. The first-order valence-corrected chi connectivity index (χ1v) is 9.09. The average Bonchev–Trinajstić information content (AvgIpc) is 3.10. The number of rotatable bonds is 4. The molecule has 0 amide bonds. The summed E-state index contributed by atoms with van der Waals surface area (Å²) in [6, 6.07) is 6.43. The highest BCUT2D eigenvalue weighted by Crippen LogP contribution is 2.30. The molecule has 1 unspecified atom stereocenters. The van der Waals surface area contributed by atoms with Crippen LogP contribution in [0.5, 0.6) is 0 Å². The van der Waals surface area contributed by atoms with Crippen molar-refractivity contribution in [1.82, 2.24) is 9.29 Å². The van der Waals surface area contributed by atoms with Crippen LogP contribution in [0.1, 0.15) is 16.9 Å². The van der Waals surface area contributed by atoms with Crippen LogP contribution in [0.25, 0.3) is 10.8 Å². The molecule has 2 heterocycles. The van der Waals surface area contributed by atoms with Gasteiger partial charge in [-0.1, -0.05) is 12.1 Å². The first-order chi connectivity index (χ1) is 11.5. The van der Waals surface area contributed by atoms with Gasteiger partial charge in [0.1, 0.15) is 0 Å². The topological polar surface area (TPSA) is 103 Å². The molecule has 0 bridgehead atoms. The van der Waals surface area contributed by atoms with E-state index in [1.54, 1.807) is 24.3 Å². The van der Waals surface area contributed by atoms with Crippen molar-refractivity contribution in [2.24, 2.45) is 11.7 Å². The third-order valence-corrected chi connectivity index (χ3v) is 6.27. The van der Waals surface area contributed by atoms with E-state index in [4.69, 9.17) is 10.5 Å². The molecule has 1 aromatic carbocycles. The van der Waals surface area contributed by atoms with E-state index in [2.05, 4.69) is 4.98 Å². The maximum absolute atomic E-state index is 13.0. The minimum atomic E-state index is -3.66. The summed E-state index contributed by atoms with van der Waals surface area (Å²) in [5, 5.41) is 0.920. The van der Waals surface area contributed by atoms with Gasteiger partial charge in [0.15, 0.2) is 5.69 Å². The maximum atomic E-state index is 13.0. The Bertz CT molecular complexity index is 888. The smallest absolute Gasteiger partial charge is 0.357 e. The van der Waals surface area contributed by atoms with E-state index in [1.807, 2.05) is 0 Å². The highest BCUT2D eigenvalue weighted by atomic mass is 35.5. The van der Waals surface area contributed by atoms with Gasteiger partial charge in [-0.15, -0.1) is 12.4 Å². The van der Waals surface area contributed by atoms with Crippen LogP contribution in [0.2, 0.25) is 0 Å². The van der Waals surface area contributed by atoms with Crippen LogP contribution in [0.4, 0.5) is 0 Å². The second-order valence-electron chi connectivity index (χ2n) is 5.76. The van der Waals surface area contributed by atoms with Crippen molar-refractivity contribution in [2.45, 2.75) is 11.3 Å². The Morgan fingerprint density at radius 1 is 1.36 bits per heavy atom. The van der Waals surface area contributed by atoms with Gasteiger partial charge in [-0.2, -0.15) is 4.31 Å². The second-order valence-corrected chi connectivity index (χ2v) is 7.66. The Morgan fingerprint density at radius 2 is 2.12 bits per heavy atom. The largest absolute Gasteiger partial charge is 0.464 e. The lowest BCUT2D eigenvalue weighted by Gasteiger charge is -2.18. The standard InChI is InChI=1S/C16H19N3O4S.ClH/c1-23-16(20)15-13-3-2-4-14(12(13)5-7-18-15)24(21,22)19-8-6-11(9-17)10-19;/h2-5,7,11H,6,8-10,17H2,1H3;1H. The average molecular weight is 386 g/mol. The number of sulfonamides is 1. The van der Waals surface area contributed by atoms with Gasteiger partial charge in [0, 0.05) is 30.1 Å². The highest BCUT2D eigenvalue weighted by molar-refractivity contribution is 7.89. The monoisotopic (exact) mass is 385 g/mol. The molecular formula is C16H20ClN3O4S. The predicted octanol–water partition coefficient (Wildman–Crippen LogP) is 1.41. The lowest BCUT2D eigenvalue weighted by Crippen LogP contribution is -2.30. The van der Waals surface area contributed by atoms with Crippen molar-refractivity contribution in [3.63, 3.8) is 0 Å². The number of hydrogen-bond donors (Lipinski definition) is 1. The third-order valence-electron chi connectivity index (χ3n) is 4.34. The molecule has 2 N–H and O–H groups in total. The molecule has 1 atom stereocenters. The number of ether oxygens (including phenoxy) is 1. The summed E-state index contributed by atoms with van der Waals surface area (Å²) >= 11 is 0. The minimum Gasteiger partial charge on any atom is -0.464 e. The van der Waals surface area contributed by atoms with Crippen LogP contribution in [-0.2, 0) is 14.8 Å². The Balaban J connectivity index is 0.00000225. The zero-order valence-electron chi connectivity index (χ0n) is 13.7. The summed E-state index contributed by atoms with van der Waals surface area (Å²) in [7, 11) is -2.40. The summed E-state index contributed by atoms with van der Waals surface area (Å²) in [6.45, 7) is 1.34. The van der Waals surface area contributed by atoms with Crippen molar-refractivity contribution in [3.05, 3.63) is 36.2 Å². The van der Waals surface area contributed by atoms with E-state index in [0.717, 1.165) is 6.42 Å². The van der Waals surface area contributed by atoms with Gasteiger partial charge in [0.25, 0.3) is 0 Å². The predicted molar refractivity (Wildman–Crippen MR) is 96.3 cm³/mol. The molecule has 1 aliphatic heterocycles. The molecule has 1 saturated heterocycles. The molecule has 0 saturated carbocycles. The number of esters is 1. The van der Waals surface area contributed by atoms with Gasteiger partial charge in [0.05, 0.1) is 12.0 Å². The number of carbonyl (C=O) groups is 1. The Labute approximate surface area is 152 Å². The molecular weight excluding hydrogens is 366 g/mol. The SMILES string of the molecule is COC(=O)c1nccc2c(S(=O)(=O)N3CCC(CN)C3)cccc12.Cl. The molecule has 1 aliphatic rings. The fourth-order valence-electron chi connectivity index (χ4n) is 3.01. The van der Waals surface area contributed by atoms with Gasteiger partial charge >= 0.3 is 5.97 Å². The van der Waals surface area contributed by atoms with Gasteiger partial charge in [-0.3, -0.25) is 0 Å². The first-order valence-electron chi connectivity index (χ1n) is 7.65. The van der Waals surface area contributed by atoms with Crippen LogP contribution < -0.4 is 5.73 Å². The molecule has 3 rings (SSSR count). The van der Waals surface area contributed by atoms with Crippen LogP contribution in [-0.4, -0.2) is 50.4 Å². The summed E-state index contributed by atoms with van der Waals surface area (Å²) in [4.78, 5) is 16.1. The molecule has 1 aromatic heterocycles. The summed E-state index contributed by atoms with van der Waals surface area (Å²) in [6.07, 6.45) is 2.18. The number of carbonyl (C=O) groups excluding carboxylic acids is 1. The zero-order valence-corrected chi connectivity index (χ0v) is 15.3. The van der Waals surface area contributed by atoms with E-state index in [0.29, 0.717) is 30.4 Å². The quantitative estimate of drug-likeness (QED) is 0.798. The fraction of sp³-hybridized carbons (Fsp3) is 0.375. The molecule has 0 spiro atoms. The van der Waals surface area contributed by atoms with Crippen molar-refractivity contribution in [1.29, 1.82) is 0 Å². The number of methoxy groups -OCH3 is 1. The lowest BCUT2D eigenvalue weighted by molar-refractivity contribution is 0.0596.